The third-order valence-electron chi connectivity index (χ3n) is 3.16. The number of aryl methyl sites for hydroxylation is 1. The van der Waals surface area contributed by atoms with Crippen molar-refractivity contribution in [3.63, 3.8) is 0 Å². The summed E-state index contributed by atoms with van der Waals surface area (Å²) in [6, 6.07) is 7.10. The van der Waals surface area contributed by atoms with Crippen LogP contribution in [0.3, 0.4) is 0 Å². The number of nitro groups is 1. The minimum absolute atomic E-state index is 0.132. The molecule has 1 aromatic carbocycles. The molecule has 1 heterocycles. The van der Waals surface area contributed by atoms with Crippen molar-refractivity contribution in [3.05, 3.63) is 61.9 Å². The molecule has 0 unspecified atom stereocenters. The van der Waals surface area contributed by atoms with Gasteiger partial charge in [-0.2, -0.15) is 0 Å². The Bertz CT molecular complexity index is 734. The van der Waals surface area contributed by atoms with E-state index in [2.05, 4.69) is 0 Å². The molecule has 1 N–H and O–H groups in total. The van der Waals surface area contributed by atoms with Gasteiger partial charge in [-0.1, -0.05) is 13.0 Å². The maximum Gasteiger partial charge on any atom is 0.271 e. The fourth-order valence-corrected chi connectivity index (χ4v) is 2.18. The second-order valence-corrected chi connectivity index (χ2v) is 4.44. The van der Waals surface area contributed by atoms with E-state index in [1.54, 1.807) is 13.0 Å². The SMILES string of the molecule is CCc1c(C)cc(O)n(-c2cccc([N+](=O)[O-])c2)c1=O. The van der Waals surface area contributed by atoms with Crippen LogP contribution in [0.5, 0.6) is 5.88 Å². The van der Waals surface area contributed by atoms with Gasteiger partial charge in [0.15, 0.2) is 5.88 Å². The Labute approximate surface area is 115 Å². The maximum atomic E-state index is 12.4. The average Bonchev–Trinajstić information content (AvgIpc) is 2.39. The highest BCUT2D eigenvalue weighted by Gasteiger charge is 2.14. The first-order valence-corrected chi connectivity index (χ1v) is 6.15. The number of aromatic hydroxyl groups is 1. The van der Waals surface area contributed by atoms with Gasteiger partial charge in [0.25, 0.3) is 11.2 Å². The molecule has 6 heteroatoms. The zero-order chi connectivity index (χ0) is 14.9. The number of rotatable bonds is 3. The zero-order valence-corrected chi connectivity index (χ0v) is 11.2. The van der Waals surface area contributed by atoms with Crippen LogP contribution in [-0.4, -0.2) is 14.6 Å². The second kappa shape index (κ2) is 5.16. The normalized spacial score (nSPS) is 10.5. The van der Waals surface area contributed by atoms with Crippen LogP contribution in [0.25, 0.3) is 5.69 Å². The molecule has 0 aliphatic carbocycles. The van der Waals surface area contributed by atoms with Crippen LogP contribution in [0.2, 0.25) is 0 Å². The molecule has 0 saturated heterocycles. The van der Waals surface area contributed by atoms with Crippen molar-refractivity contribution in [3.8, 4) is 11.6 Å². The fraction of sp³-hybridized carbons (Fsp3) is 0.214. The van der Waals surface area contributed by atoms with Gasteiger partial charge < -0.3 is 5.11 Å². The average molecular weight is 274 g/mol. The molecule has 0 saturated carbocycles. The molecule has 20 heavy (non-hydrogen) atoms. The molecule has 0 atom stereocenters. The van der Waals surface area contributed by atoms with E-state index in [-0.39, 0.29) is 22.8 Å². The van der Waals surface area contributed by atoms with Crippen LogP contribution in [0, 0.1) is 17.0 Å². The number of hydrogen-bond donors (Lipinski definition) is 1. The quantitative estimate of drug-likeness (QED) is 0.687. The molecule has 0 aliphatic rings. The molecule has 0 amide bonds. The summed E-state index contributed by atoms with van der Waals surface area (Å²) in [5.74, 6) is -0.231. The van der Waals surface area contributed by atoms with E-state index in [0.717, 1.165) is 4.57 Å². The van der Waals surface area contributed by atoms with Crippen molar-refractivity contribution >= 4 is 5.69 Å². The van der Waals surface area contributed by atoms with E-state index in [0.29, 0.717) is 17.5 Å². The molecule has 104 valence electrons. The number of aromatic nitrogens is 1. The summed E-state index contributed by atoms with van der Waals surface area (Å²) >= 11 is 0. The summed E-state index contributed by atoms with van der Waals surface area (Å²) in [6.45, 7) is 3.59. The number of nitro benzene ring substituents is 1. The van der Waals surface area contributed by atoms with Crippen molar-refractivity contribution < 1.29 is 10.0 Å². The van der Waals surface area contributed by atoms with Crippen LogP contribution in [0.1, 0.15) is 18.1 Å². The molecule has 2 rings (SSSR count). The van der Waals surface area contributed by atoms with Gasteiger partial charge in [0.1, 0.15) is 0 Å². The second-order valence-electron chi connectivity index (χ2n) is 4.44. The van der Waals surface area contributed by atoms with Gasteiger partial charge in [0.05, 0.1) is 10.6 Å². The van der Waals surface area contributed by atoms with Crippen LogP contribution in [-0.2, 0) is 6.42 Å². The minimum atomic E-state index is -0.541. The number of benzene rings is 1. The van der Waals surface area contributed by atoms with E-state index in [9.17, 15) is 20.0 Å². The number of hydrogen-bond acceptors (Lipinski definition) is 4. The molecule has 0 bridgehead atoms. The van der Waals surface area contributed by atoms with Crippen molar-refractivity contribution in [2.75, 3.05) is 0 Å². The summed E-state index contributed by atoms with van der Waals surface area (Å²) in [7, 11) is 0. The Kier molecular flexibility index (Phi) is 3.56. The number of pyridine rings is 1. The van der Waals surface area contributed by atoms with Crippen molar-refractivity contribution in [2.45, 2.75) is 20.3 Å². The van der Waals surface area contributed by atoms with Gasteiger partial charge in [-0.15, -0.1) is 0 Å². The van der Waals surface area contributed by atoms with E-state index in [1.165, 1.54) is 24.3 Å². The van der Waals surface area contributed by atoms with Crippen LogP contribution in [0.15, 0.2) is 35.1 Å². The standard InChI is InChI=1S/C14H14N2O4/c1-3-12-9(2)7-13(17)15(14(12)18)10-5-4-6-11(8-10)16(19)20/h4-8,17H,3H2,1-2H3. The molecule has 1 aromatic heterocycles. The van der Waals surface area contributed by atoms with Crippen molar-refractivity contribution in [1.29, 1.82) is 0 Å². The van der Waals surface area contributed by atoms with Crippen LogP contribution in [0.4, 0.5) is 5.69 Å². The lowest BCUT2D eigenvalue weighted by Crippen LogP contribution is -2.23. The van der Waals surface area contributed by atoms with E-state index >= 15 is 0 Å². The highest BCUT2D eigenvalue weighted by atomic mass is 16.6. The Hall–Kier alpha value is -2.63. The summed E-state index contributed by atoms with van der Waals surface area (Å²) in [5, 5.41) is 20.8. The monoisotopic (exact) mass is 274 g/mol. The van der Waals surface area contributed by atoms with Crippen LogP contribution < -0.4 is 5.56 Å². The zero-order valence-electron chi connectivity index (χ0n) is 11.2. The molecule has 2 aromatic rings. The maximum absolute atomic E-state index is 12.4. The summed E-state index contributed by atoms with van der Waals surface area (Å²) in [4.78, 5) is 22.6. The Morgan fingerprint density at radius 2 is 2.05 bits per heavy atom. The predicted octanol–water partition coefficient (Wildman–Crippen LogP) is 2.32. The lowest BCUT2D eigenvalue weighted by molar-refractivity contribution is -0.384. The van der Waals surface area contributed by atoms with E-state index in [4.69, 9.17) is 0 Å². The molecule has 6 nitrogen and oxygen atoms in total. The predicted molar refractivity (Wildman–Crippen MR) is 74.5 cm³/mol. The molecule has 0 spiro atoms. The van der Waals surface area contributed by atoms with E-state index in [1.807, 2.05) is 6.92 Å². The topological polar surface area (TPSA) is 85.4 Å². The Morgan fingerprint density at radius 1 is 1.35 bits per heavy atom. The van der Waals surface area contributed by atoms with Gasteiger partial charge in [-0.3, -0.25) is 14.9 Å². The fourth-order valence-electron chi connectivity index (χ4n) is 2.18. The Balaban J connectivity index is 2.73. The van der Waals surface area contributed by atoms with Gasteiger partial charge in [-0.05, 0) is 25.0 Å². The van der Waals surface area contributed by atoms with Crippen molar-refractivity contribution in [2.24, 2.45) is 0 Å². The smallest absolute Gasteiger partial charge is 0.271 e. The van der Waals surface area contributed by atoms with Gasteiger partial charge in [0, 0.05) is 23.8 Å². The summed E-state index contributed by atoms with van der Waals surface area (Å²) in [5.41, 5.74) is 1.07. The first kappa shape index (κ1) is 13.8. The number of non-ortho nitro benzene ring substituents is 1. The lowest BCUT2D eigenvalue weighted by Gasteiger charge is -2.12. The minimum Gasteiger partial charge on any atom is -0.494 e. The summed E-state index contributed by atoms with van der Waals surface area (Å²) in [6.07, 6.45) is 0.528. The highest BCUT2D eigenvalue weighted by Crippen LogP contribution is 2.21. The molecule has 0 radical (unpaired) electrons. The first-order chi connectivity index (χ1) is 9.45. The lowest BCUT2D eigenvalue weighted by atomic mass is 10.1. The van der Waals surface area contributed by atoms with Gasteiger partial charge in [-0.25, -0.2) is 4.57 Å². The third-order valence-corrected chi connectivity index (χ3v) is 3.16. The highest BCUT2D eigenvalue weighted by molar-refractivity contribution is 5.46. The molecule has 0 fully saturated rings. The van der Waals surface area contributed by atoms with Gasteiger partial charge >= 0.3 is 0 Å². The number of nitrogens with zero attached hydrogens (tertiary/aromatic N) is 2. The molecule has 0 aliphatic heterocycles. The Morgan fingerprint density at radius 3 is 2.65 bits per heavy atom. The van der Waals surface area contributed by atoms with Crippen molar-refractivity contribution in [1.82, 2.24) is 4.57 Å². The largest absolute Gasteiger partial charge is 0.494 e. The molecular weight excluding hydrogens is 260 g/mol. The van der Waals surface area contributed by atoms with E-state index < -0.39 is 4.92 Å². The summed E-state index contributed by atoms with van der Waals surface area (Å²) < 4.78 is 1.08. The first-order valence-electron chi connectivity index (χ1n) is 6.15. The molecular formula is C14H14N2O4. The van der Waals surface area contributed by atoms with Gasteiger partial charge in [0.2, 0.25) is 0 Å². The third kappa shape index (κ3) is 2.27. The van der Waals surface area contributed by atoms with Crippen LogP contribution >= 0.6 is 0 Å².